The number of hydrogen-bond acceptors (Lipinski definition) is 4. The number of fused-ring (bicyclic) bond motifs is 1. The highest BCUT2D eigenvalue weighted by Gasteiger charge is 2.33. The molecule has 1 fully saturated rings. The van der Waals surface area contributed by atoms with Crippen LogP contribution in [0.1, 0.15) is 40.7 Å². The molecule has 3 rings (SSSR count). The Morgan fingerprint density at radius 2 is 2.14 bits per heavy atom. The average Bonchev–Trinajstić information content (AvgIpc) is 2.79. The third kappa shape index (κ3) is 2.39. The van der Waals surface area contributed by atoms with Gasteiger partial charge in [-0.3, -0.25) is 0 Å². The molecule has 1 saturated heterocycles. The van der Waals surface area contributed by atoms with Gasteiger partial charge in [0.05, 0.1) is 16.8 Å². The Morgan fingerprint density at radius 1 is 1.38 bits per heavy atom. The summed E-state index contributed by atoms with van der Waals surface area (Å²) in [5, 5.41) is 8.32. The van der Waals surface area contributed by atoms with Crippen LogP contribution in [0.2, 0.25) is 0 Å². The number of nitrogens with zero attached hydrogens (tertiary/aromatic N) is 1. The maximum atomic E-state index is 13.4. The molecular formula is C13H13FN2O4S. The van der Waals surface area contributed by atoms with E-state index >= 15 is 0 Å². The molecule has 0 radical (unpaired) electrons. The van der Waals surface area contributed by atoms with Gasteiger partial charge in [0.25, 0.3) is 0 Å². The van der Waals surface area contributed by atoms with Gasteiger partial charge in [-0.25, -0.2) is 22.6 Å². The van der Waals surface area contributed by atoms with E-state index in [1.807, 2.05) is 0 Å². The van der Waals surface area contributed by atoms with Gasteiger partial charge >= 0.3 is 5.97 Å². The number of benzene rings is 1. The third-order valence-electron chi connectivity index (χ3n) is 3.68. The molecule has 1 unspecified atom stereocenters. The summed E-state index contributed by atoms with van der Waals surface area (Å²) in [7, 11) is -3.30. The van der Waals surface area contributed by atoms with Crippen molar-refractivity contribution in [1.29, 1.82) is 0 Å². The predicted molar refractivity (Wildman–Crippen MR) is 73.4 cm³/mol. The minimum atomic E-state index is -3.30. The molecular weight excluding hydrogens is 299 g/mol. The highest BCUT2D eigenvalue weighted by molar-refractivity contribution is 7.91. The number of halogens is 1. The smallest absolute Gasteiger partial charge is 0.338 e. The minimum Gasteiger partial charge on any atom is -0.478 e. The molecule has 2 heterocycles. The van der Waals surface area contributed by atoms with Crippen LogP contribution in [0.15, 0.2) is 12.1 Å². The van der Waals surface area contributed by atoms with Crippen molar-refractivity contribution >= 4 is 26.8 Å². The lowest BCUT2D eigenvalue weighted by Crippen LogP contribution is -2.22. The standard InChI is InChI=1S/C13H13FN2O4S/c14-7-5-8(13(17)18)11-9(6-7)15-12(16-11)10-3-1-2-4-21(10,19)20/h5-6,10H,1-4H2,(H,15,16)(H,17,18). The number of imidazole rings is 1. The summed E-state index contributed by atoms with van der Waals surface area (Å²) in [5.41, 5.74) is 0.00329. The Labute approximate surface area is 119 Å². The van der Waals surface area contributed by atoms with Gasteiger partial charge in [-0.15, -0.1) is 0 Å². The molecule has 0 amide bonds. The predicted octanol–water partition coefficient (Wildman–Crippen LogP) is 2.04. The zero-order chi connectivity index (χ0) is 15.2. The average molecular weight is 312 g/mol. The van der Waals surface area contributed by atoms with Gasteiger partial charge in [0.15, 0.2) is 9.84 Å². The maximum absolute atomic E-state index is 13.4. The molecule has 0 bridgehead atoms. The second kappa shape index (κ2) is 4.80. The summed E-state index contributed by atoms with van der Waals surface area (Å²) in [6, 6.07) is 2.00. The molecule has 2 aromatic rings. The fourth-order valence-electron chi connectivity index (χ4n) is 2.68. The van der Waals surface area contributed by atoms with Gasteiger partial charge < -0.3 is 10.1 Å². The van der Waals surface area contributed by atoms with Crippen molar-refractivity contribution in [2.45, 2.75) is 24.5 Å². The zero-order valence-electron chi connectivity index (χ0n) is 11.0. The Morgan fingerprint density at radius 3 is 2.81 bits per heavy atom. The number of aromatic carboxylic acids is 1. The molecule has 1 aromatic heterocycles. The van der Waals surface area contributed by atoms with E-state index in [4.69, 9.17) is 5.11 Å². The summed E-state index contributed by atoms with van der Waals surface area (Å²) in [4.78, 5) is 18.0. The topological polar surface area (TPSA) is 100 Å². The second-order valence-corrected chi connectivity index (χ2v) is 7.43. The van der Waals surface area contributed by atoms with Crippen molar-refractivity contribution in [1.82, 2.24) is 9.97 Å². The van der Waals surface area contributed by atoms with E-state index in [9.17, 15) is 17.6 Å². The first-order valence-electron chi connectivity index (χ1n) is 6.52. The largest absolute Gasteiger partial charge is 0.478 e. The van der Waals surface area contributed by atoms with Crippen LogP contribution in [0, 0.1) is 5.82 Å². The fourth-order valence-corrected chi connectivity index (χ4v) is 4.55. The maximum Gasteiger partial charge on any atom is 0.338 e. The Balaban J connectivity index is 2.17. The number of aromatic amines is 1. The summed E-state index contributed by atoms with van der Waals surface area (Å²) in [6.07, 6.45) is 1.82. The normalized spacial score (nSPS) is 21.5. The van der Waals surface area contributed by atoms with E-state index in [0.29, 0.717) is 12.8 Å². The van der Waals surface area contributed by atoms with Gasteiger partial charge in [-0.2, -0.15) is 0 Å². The molecule has 21 heavy (non-hydrogen) atoms. The van der Waals surface area contributed by atoms with Gasteiger partial charge in [0.2, 0.25) is 0 Å². The SMILES string of the molecule is O=C(O)c1cc(F)cc2[nH]c(C3CCCCS3(=O)=O)nc12. The quantitative estimate of drug-likeness (QED) is 0.884. The van der Waals surface area contributed by atoms with Crippen molar-refractivity contribution in [3.63, 3.8) is 0 Å². The number of aromatic nitrogens is 2. The fraction of sp³-hybridized carbons (Fsp3) is 0.385. The molecule has 1 aliphatic rings. The van der Waals surface area contributed by atoms with Crippen molar-refractivity contribution < 1.29 is 22.7 Å². The van der Waals surface area contributed by atoms with Crippen LogP contribution in [0.25, 0.3) is 11.0 Å². The van der Waals surface area contributed by atoms with E-state index in [2.05, 4.69) is 9.97 Å². The first-order chi connectivity index (χ1) is 9.88. The van der Waals surface area contributed by atoms with Gasteiger partial charge in [-0.1, -0.05) is 6.42 Å². The van der Waals surface area contributed by atoms with Crippen molar-refractivity contribution in [2.75, 3.05) is 5.75 Å². The van der Waals surface area contributed by atoms with Gasteiger partial charge in [-0.05, 0) is 25.0 Å². The summed E-state index contributed by atoms with van der Waals surface area (Å²) >= 11 is 0. The van der Waals surface area contributed by atoms with E-state index in [-0.39, 0.29) is 28.2 Å². The van der Waals surface area contributed by atoms with Crippen molar-refractivity contribution in [3.05, 3.63) is 29.3 Å². The molecule has 112 valence electrons. The van der Waals surface area contributed by atoms with Crippen LogP contribution >= 0.6 is 0 Å². The lowest BCUT2D eigenvalue weighted by molar-refractivity contribution is 0.0698. The zero-order valence-corrected chi connectivity index (χ0v) is 11.8. The summed E-state index contributed by atoms with van der Waals surface area (Å²) < 4.78 is 37.6. The van der Waals surface area contributed by atoms with Crippen LogP contribution in [0.3, 0.4) is 0 Å². The number of H-pyrrole nitrogens is 1. The summed E-state index contributed by atoms with van der Waals surface area (Å²) in [6.45, 7) is 0. The second-order valence-electron chi connectivity index (χ2n) is 5.13. The first kappa shape index (κ1) is 14.0. The van der Waals surface area contributed by atoms with Crippen molar-refractivity contribution in [2.24, 2.45) is 0 Å². The molecule has 1 aromatic carbocycles. The minimum absolute atomic E-state index is 0.0830. The number of carbonyl (C=O) groups is 1. The van der Waals surface area contributed by atoms with E-state index < -0.39 is 26.9 Å². The molecule has 1 atom stereocenters. The number of carboxylic acid groups (broad SMARTS) is 1. The van der Waals surface area contributed by atoms with Crippen molar-refractivity contribution in [3.8, 4) is 0 Å². The van der Waals surface area contributed by atoms with E-state index in [1.165, 1.54) is 0 Å². The van der Waals surface area contributed by atoms with Gasteiger partial charge in [0, 0.05) is 0 Å². The van der Waals surface area contributed by atoms with Crippen LogP contribution < -0.4 is 0 Å². The Hall–Kier alpha value is -1.96. The van der Waals surface area contributed by atoms with Crippen LogP contribution in [0.5, 0.6) is 0 Å². The monoisotopic (exact) mass is 312 g/mol. The molecule has 6 nitrogen and oxygen atoms in total. The number of hydrogen-bond donors (Lipinski definition) is 2. The summed E-state index contributed by atoms with van der Waals surface area (Å²) in [5.74, 6) is -1.72. The Kier molecular flexibility index (Phi) is 3.20. The number of nitrogens with one attached hydrogen (secondary N) is 1. The van der Waals surface area contributed by atoms with Crippen LogP contribution in [0.4, 0.5) is 4.39 Å². The van der Waals surface area contributed by atoms with E-state index in [1.54, 1.807) is 0 Å². The number of carboxylic acids is 1. The molecule has 8 heteroatoms. The highest BCUT2D eigenvalue weighted by Crippen LogP contribution is 2.33. The molecule has 0 spiro atoms. The molecule has 0 saturated carbocycles. The molecule has 0 aliphatic carbocycles. The third-order valence-corrected chi connectivity index (χ3v) is 5.87. The van der Waals surface area contributed by atoms with Gasteiger partial charge in [0.1, 0.15) is 22.4 Å². The highest BCUT2D eigenvalue weighted by atomic mass is 32.2. The lowest BCUT2D eigenvalue weighted by atomic mass is 10.2. The number of rotatable bonds is 2. The van der Waals surface area contributed by atoms with Crippen LogP contribution in [-0.2, 0) is 9.84 Å². The number of sulfone groups is 1. The first-order valence-corrected chi connectivity index (χ1v) is 8.24. The lowest BCUT2D eigenvalue weighted by Gasteiger charge is -2.20. The molecule has 1 aliphatic heterocycles. The van der Waals surface area contributed by atoms with E-state index in [0.717, 1.165) is 18.6 Å². The van der Waals surface area contributed by atoms with Crippen LogP contribution in [-0.4, -0.2) is 35.2 Å². The molecule has 2 N–H and O–H groups in total. The Bertz CT molecular complexity index is 828.